The monoisotopic (exact) mass is 319 g/mol. The second-order valence-corrected chi connectivity index (χ2v) is 5.36. The number of benzene rings is 1. The van der Waals surface area contributed by atoms with Crippen molar-refractivity contribution in [1.82, 2.24) is 0 Å². The number of halogens is 3. The van der Waals surface area contributed by atoms with Crippen molar-refractivity contribution in [1.29, 1.82) is 0 Å². The molecule has 21 heavy (non-hydrogen) atoms. The van der Waals surface area contributed by atoms with Crippen LogP contribution in [0.25, 0.3) is 0 Å². The lowest BCUT2D eigenvalue weighted by Crippen LogP contribution is -2.45. The van der Waals surface area contributed by atoms with Crippen LogP contribution in [0.3, 0.4) is 0 Å². The summed E-state index contributed by atoms with van der Waals surface area (Å²) >= 11 is 0. The zero-order chi connectivity index (χ0) is 16.2. The Balaban J connectivity index is 3.13. The van der Waals surface area contributed by atoms with Crippen LogP contribution in [0.4, 0.5) is 13.2 Å². The summed E-state index contributed by atoms with van der Waals surface area (Å²) in [6, 6.07) is 1.24. The van der Waals surface area contributed by atoms with Crippen molar-refractivity contribution in [3.05, 3.63) is 35.1 Å². The second-order valence-electron chi connectivity index (χ2n) is 5.15. The molecular weight excluding hydrogens is 301 g/mol. The van der Waals surface area contributed by atoms with E-state index in [1.807, 2.05) is 0 Å². The van der Waals surface area contributed by atoms with Gasteiger partial charge in [0.05, 0.1) is 18.6 Å². The Hall–Kier alpha value is -0.893. The molecule has 0 N–H and O–H groups in total. The van der Waals surface area contributed by atoms with Gasteiger partial charge in [0, 0.05) is 6.07 Å². The van der Waals surface area contributed by atoms with Crippen molar-refractivity contribution in [3.8, 4) is 0 Å². The quantitative estimate of drug-likeness (QED) is 0.439. The first kappa shape index (κ1) is 18.2. The fourth-order valence-corrected chi connectivity index (χ4v) is 2.01. The summed E-state index contributed by atoms with van der Waals surface area (Å²) in [6.45, 7) is 6.97. The van der Waals surface area contributed by atoms with E-state index in [0.29, 0.717) is 6.07 Å². The standard InChI is InChI=1S/C14H18F3O3Si/c1-8(2)18-14(20-21,19-9(3)4)7-10-5-12(16)13(17)6-11(10)15/h5-6,8-9H,7H2,1-4H3. The van der Waals surface area contributed by atoms with E-state index in [2.05, 4.69) is 10.5 Å². The van der Waals surface area contributed by atoms with Gasteiger partial charge in [-0.15, -0.1) is 0 Å². The first-order valence-electron chi connectivity index (χ1n) is 6.53. The maximum absolute atomic E-state index is 13.8. The third-order valence-electron chi connectivity index (χ3n) is 2.48. The molecule has 7 heteroatoms. The van der Waals surface area contributed by atoms with E-state index in [9.17, 15) is 13.2 Å². The van der Waals surface area contributed by atoms with Gasteiger partial charge in [0.2, 0.25) is 0 Å². The Morgan fingerprint density at radius 1 is 0.952 bits per heavy atom. The van der Waals surface area contributed by atoms with E-state index in [-0.39, 0.29) is 24.2 Å². The molecule has 0 amide bonds. The molecular formula is C14H18F3O3Si. The fraction of sp³-hybridized carbons (Fsp3) is 0.571. The Kier molecular flexibility index (Phi) is 6.39. The molecule has 0 aromatic heterocycles. The summed E-state index contributed by atoms with van der Waals surface area (Å²) in [5.74, 6) is -4.95. The average Bonchev–Trinajstić information content (AvgIpc) is 2.34. The molecule has 3 nitrogen and oxygen atoms in total. The highest BCUT2D eigenvalue weighted by atomic mass is 28.2. The molecule has 0 aliphatic rings. The lowest BCUT2D eigenvalue weighted by molar-refractivity contribution is -0.365. The van der Waals surface area contributed by atoms with Gasteiger partial charge in [-0.1, -0.05) is 0 Å². The minimum atomic E-state index is -1.65. The first-order chi connectivity index (χ1) is 9.69. The van der Waals surface area contributed by atoms with Crippen molar-refractivity contribution in [2.45, 2.75) is 52.3 Å². The number of rotatable bonds is 7. The van der Waals surface area contributed by atoms with Crippen molar-refractivity contribution in [2.24, 2.45) is 0 Å². The fourth-order valence-electron chi connectivity index (χ4n) is 1.85. The predicted octanol–water partition coefficient (Wildman–Crippen LogP) is 3.25. The molecule has 1 rings (SSSR count). The Labute approximate surface area is 125 Å². The normalized spacial score (nSPS) is 12.5. The molecule has 1 aromatic rings. The highest BCUT2D eigenvalue weighted by molar-refractivity contribution is 5.98. The maximum Gasteiger partial charge on any atom is 0.277 e. The average molecular weight is 319 g/mol. The van der Waals surface area contributed by atoms with Crippen LogP contribution in [0.15, 0.2) is 12.1 Å². The summed E-state index contributed by atoms with van der Waals surface area (Å²) in [5, 5.41) is 0. The SMILES string of the molecule is CC(C)OC(Cc1cc(F)c(F)cc1F)(O[Si])OC(C)C. The van der Waals surface area contributed by atoms with Crippen molar-refractivity contribution in [3.63, 3.8) is 0 Å². The lowest BCUT2D eigenvalue weighted by Gasteiger charge is -2.35. The van der Waals surface area contributed by atoms with E-state index in [1.54, 1.807) is 27.7 Å². The van der Waals surface area contributed by atoms with Gasteiger partial charge in [0.1, 0.15) is 5.82 Å². The third-order valence-corrected chi connectivity index (χ3v) is 2.79. The second kappa shape index (κ2) is 7.39. The molecule has 0 saturated heterocycles. The Morgan fingerprint density at radius 2 is 1.43 bits per heavy atom. The van der Waals surface area contributed by atoms with Crippen LogP contribution in [0.5, 0.6) is 0 Å². The van der Waals surface area contributed by atoms with Crippen molar-refractivity contribution < 1.29 is 27.1 Å². The number of ether oxygens (including phenoxy) is 2. The molecule has 0 atom stereocenters. The van der Waals surface area contributed by atoms with E-state index in [0.717, 1.165) is 6.07 Å². The van der Waals surface area contributed by atoms with Gasteiger partial charge >= 0.3 is 0 Å². The van der Waals surface area contributed by atoms with Crippen LogP contribution in [-0.4, -0.2) is 28.7 Å². The van der Waals surface area contributed by atoms with E-state index < -0.39 is 23.4 Å². The van der Waals surface area contributed by atoms with Crippen LogP contribution in [0.1, 0.15) is 33.3 Å². The molecule has 0 unspecified atom stereocenters. The van der Waals surface area contributed by atoms with Gasteiger partial charge < -0.3 is 13.9 Å². The maximum atomic E-state index is 13.8. The van der Waals surface area contributed by atoms with Gasteiger partial charge in [0.25, 0.3) is 16.5 Å². The van der Waals surface area contributed by atoms with E-state index >= 15 is 0 Å². The first-order valence-corrected chi connectivity index (χ1v) is 6.93. The van der Waals surface area contributed by atoms with Crippen LogP contribution >= 0.6 is 0 Å². The van der Waals surface area contributed by atoms with Crippen LogP contribution in [-0.2, 0) is 20.3 Å². The molecule has 0 heterocycles. The summed E-state index contributed by atoms with van der Waals surface area (Å²) in [5.41, 5.74) is -0.117. The molecule has 0 spiro atoms. The van der Waals surface area contributed by atoms with Crippen LogP contribution in [0.2, 0.25) is 0 Å². The third kappa shape index (κ3) is 5.10. The summed E-state index contributed by atoms with van der Waals surface area (Å²) in [4.78, 5) is 0. The van der Waals surface area contributed by atoms with Crippen molar-refractivity contribution >= 4 is 10.5 Å². The Bertz CT molecular complexity index is 471. The highest BCUT2D eigenvalue weighted by Gasteiger charge is 2.36. The van der Waals surface area contributed by atoms with Crippen molar-refractivity contribution in [2.75, 3.05) is 0 Å². The Morgan fingerprint density at radius 3 is 1.86 bits per heavy atom. The molecule has 0 fully saturated rings. The number of hydrogen-bond acceptors (Lipinski definition) is 3. The summed E-state index contributed by atoms with van der Waals surface area (Å²) < 4.78 is 56.2. The molecule has 0 saturated carbocycles. The topological polar surface area (TPSA) is 27.7 Å². The van der Waals surface area contributed by atoms with Crippen LogP contribution < -0.4 is 0 Å². The van der Waals surface area contributed by atoms with Crippen LogP contribution in [0, 0.1) is 17.5 Å². The molecule has 0 bridgehead atoms. The van der Waals surface area contributed by atoms with Gasteiger partial charge in [-0.2, -0.15) is 0 Å². The van der Waals surface area contributed by atoms with Gasteiger partial charge in [-0.05, 0) is 39.3 Å². The smallest absolute Gasteiger partial charge is 0.277 e. The highest BCUT2D eigenvalue weighted by Crippen LogP contribution is 2.26. The molecule has 117 valence electrons. The molecule has 0 aliphatic carbocycles. The van der Waals surface area contributed by atoms with E-state index in [1.165, 1.54) is 0 Å². The lowest BCUT2D eigenvalue weighted by atomic mass is 10.1. The molecule has 3 radical (unpaired) electrons. The van der Waals surface area contributed by atoms with Gasteiger partial charge in [-0.3, -0.25) is 0 Å². The number of hydrogen-bond donors (Lipinski definition) is 0. The zero-order valence-electron chi connectivity index (χ0n) is 12.4. The molecule has 0 aliphatic heterocycles. The van der Waals surface area contributed by atoms with E-state index in [4.69, 9.17) is 13.9 Å². The predicted molar refractivity (Wildman–Crippen MR) is 72.0 cm³/mol. The summed E-state index contributed by atoms with van der Waals surface area (Å²) in [7, 11) is 2.86. The molecule has 1 aromatic carbocycles. The minimum absolute atomic E-state index is 0.117. The minimum Gasteiger partial charge on any atom is -0.371 e. The largest absolute Gasteiger partial charge is 0.371 e. The summed E-state index contributed by atoms with van der Waals surface area (Å²) in [6.07, 6.45) is -0.850. The van der Waals surface area contributed by atoms with Gasteiger partial charge in [-0.25, -0.2) is 13.2 Å². The zero-order valence-corrected chi connectivity index (χ0v) is 13.4. The van der Waals surface area contributed by atoms with Gasteiger partial charge in [0.15, 0.2) is 11.6 Å².